The molecule has 2 unspecified atom stereocenters. The molecule has 17 heavy (non-hydrogen) atoms. The van der Waals surface area contributed by atoms with Crippen molar-refractivity contribution in [1.82, 2.24) is 5.32 Å². The zero-order valence-electron chi connectivity index (χ0n) is 10.9. The Balaban J connectivity index is 4.32. The van der Waals surface area contributed by atoms with Crippen LogP contribution in [-0.2, 0) is 9.53 Å². The number of nitrogens with one attached hydrogen (secondary N) is 1. The molecule has 0 aliphatic heterocycles. The molecule has 0 aliphatic rings. The second-order valence-corrected chi connectivity index (χ2v) is 4.58. The van der Waals surface area contributed by atoms with Crippen LogP contribution in [0.3, 0.4) is 0 Å². The quantitative estimate of drug-likeness (QED) is 0.264. The lowest BCUT2D eigenvalue weighted by molar-refractivity contribution is -0.122. The van der Waals surface area contributed by atoms with Gasteiger partial charge in [0, 0.05) is 20.1 Å². The standard InChI is InChI=1S/C11H23N3O3/c1-7(2)10(11(12)14-16)13-9(15)5-8(3)6-17-4/h7-8,10,16H,5-6H2,1-4H3,(H2,12,14)(H,13,15). The van der Waals surface area contributed by atoms with E-state index in [2.05, 4.69) is 10.5 Å². The summed E-state index contributed by atoms with van der Waals surface area (Å²) in [6.45, 7) is 6.24. The Morgan fingerprint density at radius 3 is 2.47 bits per heavy atom. The van der Waals surface area contributed by atoms with E-state index in [9.17, 15) is 4.79 Å². The zero-order chi connectivity index (χ0) is 13.4. The molecule has 0 heterocycles. The van der Waals surface area contributed by atoms with Crippen LogP contribution in [0.25, 0.3) is 0 Å². The maximum absolute atomic E-state index is 11.7. The predicted octanol–water partition coefficient (Wildman–Crippen LogP) is 0.546. The molecule has 2 atom stereocenters. The van der Waals surface area contributed by atoms with Gasteiger partial charge in [-0.25, -0.2) is 0 Å². The third kappa shape index (κ3) is 6.11. The number of ether oxygens (including phenoxy) is 1. The normalized spacial score (nSPS) is 15.7. The summed E-state index contributed by atoms with van der Waals surface area (Å²) in [5, 5.41) is 14.3. The molecule has 0 saturated heterocycles. The highest BCUT2D eigenvalue weighted by molar-refractivity contribution is 5.90. The molecule has 0 radical (unpaired) electrons. The summed E-state index contributed by atoms with van der Waals surface area (Å²) in [7, 11) is 1.60. The Morgan fingerprint density at radius 1 is 1.47 bits per heavy atom. The monoisotopic (exact) mass is 245 g/mol. The molecule has 100 valence electrons. The Morgan fingerprint density at radius 2 is 2.06 bits per heavy atom. The topological polar surface area (TPSA) is 96.9 Å². The maximum atomic E-state index is 11.7. The fourth-order valence-corrected chi connectivity index (χ4v) is 1.54. The first-order valence-corrected chi connectivity index (χ1v) is 5.68. The number of hydrogen-bond acceptors (Lipinski definition) is 4. The number of amides is 1. The fourth-order valence-electron chi connectivity index (χ4n) is 1.54. The largest absolute Gasteiger partial charge is 0.409 e. The second kappa shape index (κ2) is 7.89. The number of methoxy groups -OCH3 is 1. The molecule has 0 saturated carbocycles. The molecule has 0 spiro atoms. The summed E-state index contributed by atoms with van der Waals surface area (Å²) in [6.07, 6.45) is 0.357. The fraction of sp³-hybridized carbons (Fsp3) is 0.818. The first-order valence-electron chi connectivity index (χ1n) is 5.68. The molecule has 0 aromatic carbocycles. The van der Waals surface area contributed by atoms with E-state index < -0.39 is 6.04 Å². The highest BCUT2D eigenvalue weighted by Gasteiger charge is 2.21. The van der Waals surface area contributed by atoms with Gasteiger partial charge in [-0.05, 0) is 11.8 Å². The van der Waals surface area contributed by atoms with Crippen molar-refractivity contribution in [3.63, 3.8) is 0 Å². The van der Waals surface area contributed by atoms with E-state index in [-0.39, 0.29) is 23.6 Å². The molecular formula is C11H23N3O3. The predicted molar refractivity (Wildman–Crippen MR) is 65.8 cm³/mol. The van der Waals surface area contributed by atoms with Gasteiger partial charge in [0.1, 0.15) is 0 Å². The molecule has 1 amide bonds. The molecule has 0 aromatic heterocycles. The van der Waals surface area contributed by atoms with Crippen molar-refractivity contribution in [3.05, 3.63) is 0 Å². The maximum Gasteiger partial charge on any atom is 0.220 e. The van der Waals surface area contributed by atoms with E-state index in [1.54, 1.807) is 7.11 Å². The molecule has 0 rings (SSSR count). The van der Waals surface area contributed by atoms with Crippen molar-refractivity contribution in [3.8, 4) is 0 Å². The number of oxime groups is 1. The molecule has 4 N–H and O–H groups in total. The van der Waals surface area contributed by atoms with E-state index in [1.807, 2.05) is 20.8 Å². The number of hydrogen-bond donors (Lipinski definition) is 3. The number of nitrogens with zero attached hydrogens (tertiary/aromatic N) is 1. The van der Waals surface area contributed by atoms with Crippen molar-refractivity contribution >= 4 is 11.7 Å². The van der Waals surface area contributed by atoms with E-state index >= 15 is 0 Å². The van der Waals surface area contributed by atoms with Gasteiger partial charge in [0.25, 0.3) is 0 Å². The number of carbonyl (C=O) groups excluding carboxylic acids is 1. The van der Waals surface area contributed by atoms with Crippen LogP contribution in [0.2, 0.25) is 0 Å². The van der Waals surface area contributed by atoms with Crippen molar-refractivity contribution in [2.24, 2.45) is 22.7 Å². The van der Waals surface area contributed by atoms with E-state index in [0.29, 0.717) is 13.0 Å². The van der Waals surface area contributed by atoms with Crippen LogP contribution in [0.1, 0.15) is 27.2 Å². The van der Waals surface area contributed by atoms with Crippen LogP contribution in [0.5, 0.6) is 0 Å². The van der Waals surface area contributed by atoms with Crippen molar-refractivity contribution in [1.29, 1.82) is 0 Å². The number of carbonyl (C=O) groups is 1. The van der Waals surface area contributed by atoms with E-state index in [0.717, 1.165) is 0 Å². The third-order valence-corrected chi connectivity index (χ3v) is 2.40. The van der Waals surface area contributed by atoms with Crippen molar-refractivity contribution in [2.45, 2.75) is 33.2 Å². The Labute approximate surface area is 102 Å². The molecule has 0 aromatic rings. The summed E-state index contributed by atoms with van der Waals surface area (Å²) < 4.78 is 4.96. The van der Waals surface area contributed by atoms with Crippen LogP contribution in [0, 0.1) is 11.8 Å². The van der Waals surface area contributed by atoms with Crippen LogP contribution < -0.4 is 11.1 Å². The van der Waals surface area contributed by atoms with Crippen molar-refractivity contribution < 1.29 is 14.7 Å². The van der Waals surface area contributed by atoms with Crippen LogP contribution in [0.4, 0.5) is 0 Å². The Hall–Kier alpha value is -1.30. The molecular weight excluding hydrogens is 222 g/mol. The molecule has 0 bridgehead atoms. The number of rotatable bonds is 7. The summed E-state index contributed by atoms with van der Waals surface area (Å²) in [5.74, 6) is 0.0975. The lowest BCUT2D eigenvalue weighted by Crippen LogP contribution is -2.48. The zero-order valence-corrected chi connectivity index (χ0v) is 10.9. The Bertz CT molecular complexity index is 267. The Kier molecular flexibility index (Phi) is 7.29. The first kappa shape index (κ1) is 15.7. The second-order valence-electron chi connectivity index (χ2n) is 4.58. The summed E-state index contributed by atoms with van der Waals surface area (Å²) in [5.41, 5.74) is 5.52. The van der Waals surface area contributed by atoms with Gasteiger partial charge in [-0.1, -0.05) is 25.9 Å². The molecule has 0 fully saturated rings. The van der Waals surface area contributed by atoms with Crippen molar-refractivity contribution in [2.75, 3.05) is 13.7 Å². The lowest BCUT2D eigenvalue weighted by Gasteiger charge is -2.21. The average molecular weight is 245 g/mol. The van der Waals surface area contributed by atoms with Gasteiger partial charge >= 0.3 is 0 Å². The van der Waals surface area contributed by atoms with Crippen LogP contribution in [-0.4, -0.2) is 36.7 Å². The molecule has 6 nitrogen and oxygen atoms in total. The van der Waals surface area contributed by atoms with E-state index in [1.165, 1.54) is 0 Å². The summed E-state index contributed by atoms with van der Waals surface area (Å²) in [4.78, 5) is 11.7. The summed E-state index contributed by atoms with van der Waals surface area (Å²) in [6, 6.07) is -0.442. The van der Waals surface area contributed by atoms with E-state index in [4.69, 9.17) is 15.7 Å². The summed E-state index contributed by atoms with van der Waals surface area (Å²) >= 11 is 0. The van der Waals surface area contributed by atoms with Gasteiger partial charge in [-0.2, -0.15) is 0 Å². The van der Waals surface area contributed by atoms with Gasteiger partial charge < -0.3 is 21.0 Å². The highest BCUT2D eigenvalue weighted by Crippen LogP contribution is 2.05. The minimum absolute atomic E-state index is 0.0211. The minimum atomic E-state index is -0.442. The molecule has 6 heteroatoms. The lowest BCUT2D eigenvalue weighted by atomic mass is 10.0. The minimum Gasteiger partial charge on any atom is -0.409 e. The van der Waals surface area contributed by atoms with Gasteiger partial charge in [-0.3, -0.25) is 4.79 Å². The number of nitrogens with two attached hydrogens (primary N) is 1. The van der Waals surface area contributed by atoms with Crippen LogP contribution >= 0.6 is 0 Å². The van der Waals surface area contributed by atoms with Gasteiger partial charge in [0.05, 0.1) is 6.04 Å². The third-order valence-electron chi connectivity index (χ3n) is 2.40. The SMILES string of the molecule is COCC(C)CC(=O)NC(C(N)=NO)C(C)C. The average Bonchev–Trinajstić information content (AvgIpc) is 2.24. The van der Waals surface area contributed by atoms with Gasteiger partial charge in [-0.15, -0.1) is 0 Å². The highest BCUT2D eigenvalue weighted by atomic mass is 16.5. The smallest absolute Gasteiger partial charge is 0.220 e. The van der Waals surface area contributed by atoms with Gasteiger partial charge in [0.15, 0.2) is 5.84 Å². The van der Waals surface area contributed by atoms with Crippen LogP contribution in [0.15, 0.2) is 5.16 Å². The first-order chi connectivity index (χ1) is 7.92. The van der Waals surface area contributed by atoms with Gasteiger partial charge in [0.2, 0.25) is 5.91 Å². The number of amidine groups is 1. The molecule has 0 aliphatic carbocycles.